The highest BCUT2D eigenvalue weighted by Crippen LogP contribution is 2.39. The molecule has 6 heteroatoms. The van der Waals surface area contributed by atoms with E-state index in [9.17, 15) is 14.7 Å². The highest BCUT2D eigenvalue weighted by atomic mass is 32.2. The molecular weight excluding hydrogens is 484 g/mol. The Kier molecular flexibility index (Phi) is 11.3. The van der Waals surface area contributed by atoms with Gasteiger partial charge in [0.15, 0.2) is 5.43 Å². The van der Waals surface area contributed by atoms with E-state index >= 15 is 0 Å². The lowest BCUT2D eigenvalue weighted by Gasteiger charge is -2.28. The third-order valence-electron chi connectivity index (χ3n) is 6.67. The van der Waals surface area contributed by atoms with Crippen molar-refractivity contribution in [1.29, 1.82) is 0 Å². The predicted molar refractivity (Wildman–Crippen MR) is 151 cm³/mol. The predicted octanol–water partition coefficient (Wildman–Crippen LogP) is 7.70. The molecule has 37 heavy (non-hydrogen) atoms. The van der Waals surface area contributed by atoms with Gasteiger partial charge in [-0.25, -0.2) is 4.79 Å². The third kappa shape index (κ3) is 8.47. The van der Waals surface area contributed by atoms with Gasteiger partial charge in [-0.2, -0.15) is 0 Å². The van der Waals surface area contributed by atoms with E-state index in [4.69, 9.17) is 9.15 Å². The van der Waals surface area contributed by atoms with E-state index in [0.29, 0.717) is 23.8 Å². The summed E-state index contributed by atoms with van der Waals surface area (Å²) in [5.74, 6) is -0.831. The lowest BCUT2D eigenvalue weighted by molar-refractivity contribution is 0.0565. The molecule has 0 aliphatic carbocycles. The van der Waals surface area contributed by atoms with E-state index in [1.165, 1.54) is 68.5 Å². The summed E-state index contributed by atoms with van der Waals surface area (Å²) in [4.78, 5) is 24.1. The molecule has 0 radical (unpaired) electrons. The molecule has 0 saturated carbocycles. The van der Waals surface area contributed by atoms with Crippen molar-refractivity contribution in [2.75, 3.05) is 7.11 Å². The molecule has 1 N–H and O–H groups in total. The first kappa shape index (κ1) is 29.0. The summed E-state index contributed by atoms with van der Waals surface area (Å²) < 4.78 is 10.4. The number of benzene rings is 2. The maximum absolute atomic E-state index is 12.4. The van der Waals surface area contributed by atoms with Gasteiger partial charge in [0.05, 0.1) is 12.5 Å². The smallest absolute Gasteiger partial charge is 0.374 e. The van der Waals surface area contributed by atoms with Crippen molar-refractivity contribution in [3.63, 3.8) is 0 Å². The first-order valence-corrected chi connectivity index (χ1v) is 14.3. The minimum atomic E-state index is -1.01. The molecule has 0 spiro atoms. The van der Waals surface area contributed by atoms with Gasteiger partial charge >= 0.3 is 5.97 Å². The van der Waals surface area contributed by atoms with Gasteiger partial charge in [-0.05, 0) is 48.6 Å². The van der Waals surface area contributed by atoms with Crippen molar-refractivity contribution in [3.05, 3.63) is 75.6 Å². The highest BCUT2D eigenvalue weighted by Gasteiger charge is 2.29. The Morgan fingerprint density at radius 2 is 1.65 bits per heavy atom. The fourth-order valence-electron chi connectivity index (χ4n) is 4.73. The number of thioether (sulfide) groups is 1. The van der Waals surface area contributed by atoms with Gasteiger partial charge in [-0.15, -0.1) is 0 Å². The van der Waals surface area contributed by atoms with Crippen molar-refractivity contribution in [2.24, 2.45) is 0 Å². The lowest BCUT2D eigenvalue weighted by Crippen LogP contribution is -2.27. The first-order chi connectivity index (χ1) is 17.9. The van der Waals surface area contributed by atoms with Crippen LogP contribution in [0, 0.1) is 0 Å². The summed E-state index contributed by atoms with van der Waals surface area (Å²) in [5.41, 5.74) is 2.48. The van der Waals surface area contributed by atoms with E-state index in [1.54, 1.807) is 12.1 Å². The second-order valence-electron chi connectivity index (χ2n) is 9.74. The lowest BCUT2D eigenvalue weighted by atomic mass is 9.95. The number of hydrogen-bond acceptors (Lipinski definition) is 6. The number of unbranched alkanes of at least 4 members (excludes halogenated alkanes) is 6. The molecule has 1 heterocycles. The molecule has 1 aromatic heterocycles. The number of esters is 1. The van der Waals surface area contributed by atoms with Crippen LogP contribution in [0.5, 0.6) is 0 Å². The molecule has 5 nitrogen and oxygen atoms in total. The Hall–Kier alpha value is -2.57. The number of carbonyl (C=O) groups is 1. The Morgan fingerprint density at radius 1 is 0.946 bits per heavy atom. The van der Waals surface area contributed by atoms with E-state index in [0.717, 1.165) is 30.2 Å². The average Bonchev–Trinajstić information content (AvgIpc) is 2.88. The topological polar surface area (TPSA) is 76.7 Å². The molecule has 0 aliphatic rings. The standard InChI is InChI=1S/C31H40O5S/c1-4-6-7-8-9-10-11-14-23-15-12-13-16-24(23)22-31(34,19-5-2)37-25-17-18-26-27(32)21-29(30(33)35-3)36-28(26)20-25/h12-13,15-18,20-21,34H,4-11,14,19,22H2,1-3H3/t31-/m1/s1. The normalized spacial score (nSPS) is 13.0. The molecule has 200 valence electrons. The number of carbonyl (C=O) groups excluding carboxylic acids is 1. The molecule has 0 bridgehead atoms. The molecule has 1 atom stereocenters. The summed E-state index contributed by atoms with van der Waals surface area (Å²) in [6.07, 6.45) is 11.9. The average molecular weight is 525 g/mol. The zero-order chi connectivity index (χ0) is 26.7. The molecule has 3 rings (SSSR count). The number of aliphatic hydroxyl groups is 1. The van der Waals surface area contributed by atoms with Crippen LogP contribution >= 0.6 is 11.8 Å². The summed E-state index contributed by atoms with van der Waals surface area (Å²) in [5, 5.41) is 12.1. The zero-order valence-corrected chi connectivity index (χ0v) is 23.2. The number of aryl methyl sites for hydroxylation is 1. The van der Waals surface area contributed by atoms with Crippen LogP contribution < -0.4 is 5.43 Å². The summed E-state index contributed by atoms with van der Waals surface area (Å²) in [6.45, 7) is 4.31. The Labute approximate surface area is 224 Å². The molecule has 2 aromatic carbocycles. The number of fused-ring (bicyclic) bond motifs is 1. The Bertz CT molecular complexity index is 1220. The molecule has 0 aliphatic heterocycles. The van der Waals surface area contributed by atoms with Gasteiger partial charge in [0, 0.05) is 17.4 Å². The molecule has 0 amide bonds. The van der Waals surface area contributed by atoms with Gasteiger partial charge in [0.25, 0.3) is 0 Å². The fourth-order valence-corrected chi connectivity index (χ4v) is 6.00. The van der Waals surface area contributed by atoms with Crippen LogP contribution in [0.3, 0.4) is 0 Å². The summed E-state index contributed by atoms with van der Waals surface area (Å²) in [7, 11) is 1.25. The van der Waals surface area contributed by atoms with Crippen LogP contribution in [0.25, 0.3) is 11.0 Å². The second-order valence-corrected chi connectivity index (χ2v) is 11.2. The van der Waals surface area contributed by atoms with Crippen molar-refractivity contribution in [2.45, 2.75) is 94.3 Å². The van der Waals surface area contributed by atoms with Gasteiger partial charge in [0.2, 0.25) is 5.76 Å². The van der Waals surface area contributed by atoms with Crippen LogP contribution in [0.15, 0.2) is 62.6 Å². The molecule has 0 saturated heterocycles. The second kappa shape index (κ2) is 14.4. The molecule has 3 aromatic rings. The minimum absolute atomic E-state index is 0.134. The van der Waals surface area contributed by atoms with Crippen LogP contribution in [0.1, 0.15) is 93.3 Å². The third-order valence-corrected chi connectivity index (χ3v) is 7.89. The van der Waals surface area contributed by atoms with Gasteiger partial charge in [-0.1, -0.05) is 94.8 Å². The van der Waals surface area contributed by atoms with Gasteiger partial charge in [0.1, 0.15) is 10.5 Å². The summed E-state index contributed by atoms with van der Waals surface area (Å²) >= 11 is 1.38. The molecular formula is C31H40O5S. The largest absolute Gasteiger partial charge is 0.463 e. The van der Waals surface area contributed by atoms with E-state index in [1.807, 2.05) is 12.1 Å². The van der Waals surface area contributed by atoms with Crippen LogP contribution in [0.2, 0.25) is 0 Å². The van der Waals surface area contributed by atoms with Crippen molar-refractivity contribution in [1.82, 2.24) is 0 Å². The quantitative estimate of drug-likeness (QED) is 0.0950. The fraction of sp³-hybridized carbons (Fsp3) is 0.484. The van der Waals surface area contributed by atoms with Crippen molar-refractivity contribution in [3.8, 4) is 0 Å². The minimum Gasteiger partial charge on any atom is -0.463 e. The maximum atomic E-state index is 12.4. The number of rotatable bonds is 15. The molecule has 0 fully saturated rings. The van der Waals surface area contributed by atoms with Crippen LogP contribution in [-0.4, -0.2) is 23.1 Å². The first-order valence-electron chi connectivity index (χ1n) is 13.5. The highest BCUT2D eigenvalue weighted by molar-refractivity contribution is 8.00. The van der Waals surface area contributed by atoms with E-state index < -0.39 is 10.9 Å². The van der Waals surface area contributed by atoms with Crippen LogP contribution in [-0.2, 0) is 17.6 Å². The summed E-state index contributed by atoms with van der Waals surface area (Å²) in [6, 6.07) is 14.8. The Balaban J connectivity index is 1.75. The van der Waals surface area contributed by atoms with E-state index in [-0.39, 0.29) is 11.2 Å². The Morgan fingerprint density at radius 3 is 2.35 bits per heavy atom. The van der Waals surface area contributed by atoms with Crippen molar-refractivity contribution < 1.29 is 19.1 Å². The van der Waals surface area contributed by atoms with Gasteiger partial charge < -0.3 is 14.3 Å². The number of methoxy groups -OCH3 is 1. The van der Waals surface area contributed by atoms with Crippen LogP contribution in [0.4, 0.5) is 0 Å². The zero-order valence-electron chi connectivity index (χ0n) is 22.4. The van der Waals surface area contributed by atoms with Gasteiger partial charge in [-0.3, -0.25) is 4.79 Å². The number of hydrogen-bond donors (Lipinski definition) is 1. The monoisotopic (exact) mass is 524 g/mol. The van der Waals surface area contributed by atoms with E-state index in [2.05, 4.69) is 32.0 Å². The number of ether oxygens (including phenoxy) is 1. The maximum Gasteiger partial charge on any atom is 0.374 e. The molecule has 0 unspecified atom stereocenters. The SMILES string of the molecule is CCCCCCCCCc1ccccc1C[C@@](O)(CCC)Sc1ccc2c(=O)cc(C(=O)OC)oc2c1. The van der Waals surface area contributed by atoms with Crippen molar-refractivity contribution >= 4 is 28.7 Å².